The molecule has 3 N–H and O–H groups in total. The maximum atomic E-state index is 12.6. The predicted octanol–water partition coefficient (Wildman–Crippen LogP) is 3.52. The number of benzene rings is 1. The van der Waals surface area contributed by atoms with Crippen LogP contribution in [0.3, 0.4) is 0 Å². The van der Waals surface area contributed by atoms with E-state index in [1.54, 1.807) is 48.8 Å². The van der Waals surface area contributed by atoms with Crippen molar-refractivity contribution in [2.24, 2.45) is 5.92 Å². The van der Waals surface area contributed by atoms with Crippen LogP contribution >= 0.6 is 0 Å². The number of unbranched alkanes of at least 4 members (excludes halogenated alkanes) is 1. The zero-order chi connectivity index (χ0) is 21.2. The molecule has 0 atom stereocenters. The van der Waals surface area contributed by atoms with Crippen LogP contribution in [-0.2, 0) is 4.79 Å². The summed E-state index contributed by atoms with van der Waals surface area (Å²) in [5, 5.41) is 2.93. The summed E-state index contributed by atoms with van der Waals surface area (Å²) in [5.41, 5.74) is 7.98. The normalized spacial score (nSPS) is 14.7. The van der Waals surface area contributed by atoms with E-state index in [0.29, 0.717) is 23.7 Å². The van der Waals surface area contributed by atoms with Crippen LogP contribution in [0.2, 0.25) is 0 Å². The van der Waals surface area contributed by atoms with Crippen molar-refractivity contribution in [1.82, 2.24) is 15.2 Å². The molecule has 1 aliphatic rings. The quantitative estimate of drug-likeness (QED) is 0.399. The lowest BCUT2D eigenvalue weighted by Gasteiger charge is -2.32. The number of nitrogens with two attached hydrogens (primary N) is 1. The Labute approximate surface area is 178 Å². The summed E-state index contributed by atoms with van der Waals surface area (Å²) in [6, 6.07) is 10.9. The molecule has 1 fully saturated rings. The summed E-state index contributed by atoms with van der Waals surface area (Å²) in [6.07, 6.45) is 12.0. The standard InChI is InChI=1S/C24H30N4O2/c25-22-9-7-21(8-10-22)24(30)28-16-12-19(13-17-28)4-1-2-15-27-23(29)11-6-20-5-3-14-26-18-20/h3,5-11,14,18-19H,1-2,4,12-13,15-17,25H2,(H,27,29)/b11-6+. The van der Waals surface area contributed by atoms with Gasteiger partial charge in [0.15, 0.2) is 0 Å². The van der Waals surface area contributed by atoms with E-state index < -0.39 is 0 Å². The molecule has 0 saturated carbocycles. The molecule has 0 unspecified atom stereocenters. The van der Waals surface area contributed by atoms with E-state index in [0.717, 1.165) is 50.8 Å². The Bertz CT molecular complexity index is 841. The lowest BCUT2D eigenvalue weighted by atomic mass is 9.91. The summed E-state index contributed by atoms with van der Waals surface area (Å²) in [6.45, 7) is 2.30. The van der Waals surface area contributed by atoms with Gasteiger partial charge >= 0.3 is 0 Å². The fourth-order valence-corrected chi connectivity index (χ4v) is 3.71. The number of carbonyl (C=O) groups is 2. The zero-order valence-corrected chi connectivity index (χ0v) is 17.3. The van der Waals surface area contributed by atoms with Crippen molar-refractivity contribution in [3.8, 4) is 0 Å². The molecular weight excluding hydrogens is 376 g/mol. The first kappa shape index (κ1) is 21.6. The van der Waals surface area contributed by atoms with Crippen molar-refractivity contribution in [1.29, 1.82) is 0 Å². The maximum absolute atomic E-state index is 12.6. The second-order valence-corrected chi connectivity index (χ2v) is 7.76. The first-order valence-electron chi connectivity index (χ1n) is 10.6. The number of nitrogens with one attached hydrogen (secondary N) is 1. The van der Waals surface area contributed by atoms with Gasteiger partial charge in [-0.2, -0.15) is 0 Å². The number of piperidine rings is 1. The van der Waals surface area contributed by atoms with Crippen LogP contribution in [0.4, 0.5) is 5.69 Å². The number of carbonyl (C=O) groups excluding carboxylic acids is 2. The fraction of sp³-hybridized carbons (Fsp3) is 0.375. The summed E-state index contributed by atoms with van der Waals surface area (Å²) in [5.74, 6) is 0.672. The highest BCUT2D eigenvalue weighted by Crippen LogP contribution is 2.23. The number of hydrogen-bond acceptors (Lipinski definition) is 4. The third-order valence-electron chi connectivity index (χ3n) is 5.51. The number of likely N-dealkylation sites (tertiary alicyclic amines) is 1. The number of hydrogen-bond donors (Lipinski definition) is 2. The van der Waals surface area contributed by atoms with E-state index in [2.05, 4.69) is 10.3 Å². The third kappa shape index (κ3) is 6.72. The first-order chi connectivity index (χ1) is 14.6. The molecule has 0 spiro atoms. The van der Waals surface area contributed by atoms with Gasteiger partial charge in [0.05, 0.1) is 0 Å². The molecule has 2 heterocycles. The van der Waals surface area contributed by atoms with E-state index >= 15 is 0 Å². The van der Waals surface area contributed by atoms with Crippen LogP contribution in [0, 0.1) is 5.92 Å². The minimum absolute atomic E-state index is 0.0756. The molecule has 0 bridgehead atoms. The largest absolute Gasteiger partial charge is 0.399 e. The minimum atomic E-state index is -0.0756. The third-order valence-corrected chi connectivity index (χ3v) is 5.51. The molecule has 0 aliphatic carbocycles. The lowest BCUT2D eigenvalue weighted by Crippen LogP contribution is -2.38. The van der Waals surface area contributed by atoms with Crippen LogP contribution < -0.4 is 11.1 Å². The Morgan fingerprint density at radius 2 is 1.90 bits per heavy atom. The van der Waals surface area contributed by atoms with Crippen molar-refractivity contribution >= 4 is 23.6 Å². The molecule has 1 aliphatic heterocycles. The Morgan fingerprint density at radius 1 is 1.13 bits per heavy atom. The molecule has 1 saturated heterocycles. The Morgan fingerprint density at radius 3 is 2.60 bits per heavy atom. The van der Waals surface area contributed by atoms with Crippen LogP contribution in [0.25, 0.3) is 6.08 Å². The van der Waals surface area contributed by atoms with Gasteiger partial charge in [-0.15, -0.1) is 0 Å². The van der Waals surface area contributed by atoms with Gasteiger partial charge in [0.1, 0.15) is 0 Å². The van der Waals surface area contributed by atoms with Crippen molar-refractivity contribution in [2.75, 3.05) is 25.4 Å². The molecule has 1 aromatic carbocycles. The molecule has 6 nitrogen and oxygen atoms in total. The van der Waals surface area contributed by atoms with Gasteiger partial charge in [-0.1, -0.05) is 18.9 Å². The minimum Gasteiger partial charge on any atom is -0.399 e. The Kier molecular flexibility index (Phi) is 8.01. The molecule has 2 aromatic rings. The Balaban J connectivity index is 1.28. The molecule has 0 radical (unpaired) electrons. The van der Waals surface area contributed by atoms with Gasteiger partial charge in [0, 0.05) is 49.4 Å². The number of pyridine rings is 1. The predicted molar refractivity (Wildman–Crippen MR) is 120 cm³/mol. The average molecular weight is 407 g/mol. The highest BCUT2D eigenvalue weighted by Gasteiger charge is 2.23. The summed E-state index contributed by atoms with van der Waals surface area (Å²) >= 11 is 0. The molecule has 30 heavy (non-hydrogen) atoms. The lowest BCUT2D eigenvalue weighted by molar-refractivity contribution is -0.116. The van der Waals surface area contributed by atoms with Gasteiger partial charge in [-0.3, -0.25) is 14.6 Å². The summed E-state index contributed by atoms with van der Waals surface area (Å²) < 4.78 is 0. The van der Waals surface area contributed by atoms with Gasteiger partial charge in [-0.25, -0.2) is 0 Å². The summed E-state index contributed by atoms with van der Waals surface area (Å²) in [7, 11) is 0. The van der Waals surface area contributed by atoms with Crippen molar-refractivity contribution < 1.29 is 9.59 Å². The number of aromatic nitrogens is 1. The number of nitrogen functional groups attached to an aromatic ring is 1. The van der Waals surface area contributed by atoms with Crippen molar-refractivity contribution in [3.05, 3.63) is 66.0 Å². The average Bonchev–Trinajstić information content (AvgIpc) is 2.78. The molecular formula is C24H30N4O2. The van der Waals surface area contributed by atoms with E-state index in [1.807, 2.05) is 17.0 Å². The zero-order valence-electron chi connectivity index (χ0n) is 17.3. The van der Waals surface area contributed by atoms with Crippen LogP contribution in [0.15, 0.2) is 54.9 Å². The van der Waals surface area contributed by atoms with Crippen LogP contribution in [0.5, 0.6) is 0 Å². The number of nitrogens with zero attached hydrogens (tertiary/aromatic N) is 2. The number of rotatable bonds is 8. The summed E-state index contributed by atoms with van der Waals surface area (Å²) in [4.78, 5) is 30.4. The highest BCUT2D eigenvalue weighted by atomic mass is 16.2. The number of amides is 2. The number of anilines is 1. The van der Waals surface area contributed by atoms with E-state index in [-0.39, 0.29) is 11.8 Å². The Hall–Kier alpha value is -3.15. The highest BCUT2D eigenvalue weighted by molar-refractivity contribution is 5.94. The first-order valence-corrected chi connectivity index (χ1v) is 10.6. The van der Waals surface area contributed by atoms with Gasteiger partial charge in [0.25, 0.3) is 5.91 Å². The second kappa shape index (κ2) is 11.1. The molecule has 1 aromatic heterocycles. The van der Waals surface area contributed by atoms with Crippen molar-refractivity contribution in [2.45, 2.75) is 32.1 Å². The SMILES string of the molecule is Nc1ccc(C(=O)N2CCC(CCCCNC(=O)/C=C/c3cccnc3)CC2)cc1. The molecule has 3 rings (SSSR count). The fourth-order valence-electron chi connectivity index (χ4n) is 3.71. The van der Waals surface area contributed by atoms with E-state index in [9.17, 15) is 9.59 Å². The van der Waals surface area contributed by atoms with Crippen LogP contribution in [0.1, 0.15) is 48.0 Å². The maximum Gasteiger partial charge on any atom is 0.253 e. The van der Waals surface area contributed by atoms with E-state index in [1.165, 1.54) is 0 Å². The van der Waals surface area contributed by atoms with Gasteiger partial charge in [-0.05, 0) is 67.2 Å². The molecule has 2 amide bonds. The van der Waals surface area contributed by atoms with Crippen molar-refractivity contribution in [3.63, 3.8) is 0 Å². The topological polar surface area (TPSA) is 88.3 Å². The van der Waals surface area contributed by atoms with Crippen LogP contribution in [-0.4, -0.2) is 41.3 Å². The smallest absolute Gasteiger partial charge is 0.253 e. The van der Waals surface area contributed by atoms with Gasteiger partial charge < -0.3 is 16.0 Å². The molecule has 158 valence electrons. The second-order valence-electron chi connectivity index (χ2n) is 7.76. The van der Waals surface area contributed by atoms with Gasteiger partial charge in [0.2, 0.25) is 5.91 Å². The molecule has 6 heteroatoms. The monoisotopic (exact) mass is 406 g/mol. The van der Waals surface area contributed by atoms with E-state index in [4.69, 9.17) is 5.73 Å².